The van der Waals surface area contributed by atoms with E-state index in [1.54, 1.807) is 54.6 Å². The van der Waals surface area contributed by atoms with Crippen LogP contribution in [0.25, 0.3) is 11.3 Å². The van der Waals surface area contributed by atoms with E-state index in [1.165, 1.54) is 27.7 Å². The lowest BCUT2D eigenvalue weighted by atomic mass is 10.2. The van der Waals surface area contributed by atoms with E-state index in [1.807, 2.05) is 6.07 Å². The molecule has 0 fully saturated rings. The fourth-order valence-corrected chi connectivity index (χ4v) is 4.73. The number of ether oxygens (including phenoxy) is 1. The zero-order chi connectivity index (χ0) is 28.2. The third-order valence-corrected chi connectivity index (χ3v) is 7.09. The molecule has 2 aromatic heterocycles. The summed E-state index contributed by atoms with van der Waals surface area (Å²) in [6, 6.07) is 20.0. The number of aromatic nitrogens is 3. The Morgan fingerprint density at radius 3 is 2.58 bits per heavy atom. The molecular weight excluding hydrogens is 619 g/mol. The van der Waals surface area contributed by atoms with E-state index in [2.05, 4.69) is 15.5 Å². The molecule has 40 heavy (non-hydrogen) atoms. The molecule has 0 aliphatic carbocycles. The Labute approximate surface area is 253 Å². The van der Waals surface area contributed by atoms with Gasteiger partial charge in [-0.2, -0.15) is 9.78 Å². The molecule has 204 valence electrons. The van der Waals surface area contributed by atoms with Crippen LogP contribution in [0, 0.1) is 10.6 Å². The van der Waals surface area contributed by atoms with Crippen LogP contribution in [0.4, 0.5) is 10.1 Å². The van der Waals surface area contributed by atoms with Gasteiger partial charge in [-0.05, 0) is 72.9 Å². The number of nitrogens with zero attached hydrogens (tertiary/aromatic N) is 4. The molecule has 7 nitrogen and oxygen atoms in total. The Hall–Kier alpha value is -3.34. The van der Waals surface area contributed by atoms with Crippen LogP contribution < -0.4 is 10.1 Å². The van der Waals surface area contributed by atoms with E-state index >= 15 is 0 Å². The minimum atomic E-state index is -0.513. The maximum atomic E-state index is 13.5. The first-order valence-electron chi connectivity index (χ1n) is 11.6. The summed E-state index contributed by atoms with van der Waals surface area (Å²) in [7, 11) is 0. The fraction of sp³-hybridized carbons (Fsp3) is 0.0741. The third kappa shape index (κ3) is 6.51. The zero-order valence-corrected chi connectivity index (χ0v) is 24.2. The number of hydrogen-bond acceptors (Lipinski definition) is 6. The second-order valence-corrected chi connectivity index (χ2v) is 10.3. The first-order valence-corrected chi connectivity index (χ1v) is 13.5. The van der Waals surface area contributed by atoms with Gasteiger partial charge in [-0.25, -0.2) is 9.07 Å². The standard InChI is InChI=1S/C27H18Cl4FN5O2S/c28-16-5-8-19(21(30)11-16)24-10-7-18(39-24)13-34-37-26(14-38-25-4-2-1-3-20(25)29)35-36(27(37)40)15-33-17-6-9-23(32)22(31)12-17/h1-13,33H,14-15H2. The molecule has 0 aliphatic rings. The number of benzene rings is 3. The molecule has 0 radical (unpaired) electrons. The molecule has 2 heterocycles. The summed E-state index contributed by atoms with van der Waals surface area (Å²) in [6.45, 7) is 0.173. The van der Waals surface area contributed by atoms with Gasteiger partial charge in [-0.15, -0.1) is 5.10 Å². The number of furan rings is 1. The van der Waals surface area contributed by atoms with Crippen LogP contribution in [0.15, 0.2) is 82.3 Å². The third-order valence-electron chi connectivity index (χ3n) is 5.55. The Balaban J connectivity index is 1.41. The van der Waals surface area contributed by atoms with Gasteiger partial charge in [0.15, 0.2) is 5.82 Å². The maximum Gasteiger partial charge on any atom is 0.220 e. The highest BCUT2D eigenvalue weighted by Gasteiger charge is 2.14. The van der Waals surface area contributed by atoms with E-state index in [-0.39, 0.29) is 23.1 Å². The predicted molar refractivity (Wildman–Crippen MR) is 159 cm³/mol. The lowest BCUT2D eigenvalue weighted by Gasteiger charge is -2.07. The largest absolute Gasteiger partial charge is 0.484 e. The summed E-state index contributed by atoms with van der Waals surface area (Å²) in [5, 5.41) is 13.6. The minimum Gasteiger partial charge on any atom is -0.484 e. The van der Waals surface area contributed by atoms with Crippen LogP contribution in [0.1, 0.15) is 11.6 Å². The van der Waals surface area contributed by atoms with E-state index in [0.29, 0.717) is 49.4 Å². The molecule has 0 atom stereocenters. The number of para-hydroxylation sites is 1. The Kier molecular flexibility index (Phi) is 8.78. The predicted octanol–water partition coefficient (Wildman–Crippen LogP) is 8.96. The van der Waals surface area contributed by atoms with E-state index in [0.717, 1.165) is 0 Å². The molecule has 0 spiro atoms. The molecule has 1 N–H and O–H groups in total. The second-order valence-electron chi connectivity index (χ2n) is 8.26. The van der Waals surface area contributed by atoms with Gasteiger partial charge in [0.25, 0.3) is 0 Å². The molecule has 0 unspecified atom stereocenters. The Morgan fingerprint density at radius 2 is 1.80 bits per heavy atom. The van der Waals surface area contributed by atoms with Crippen LogP contribution in [0.2, 0.25) is 20.1 Å². The van der Waals surface area contributed by atoms with Crippen LogP contribution in [-0.2, 0) is 13.3 Å². The van der Waals surface area contributed by atoms with Gasteiger partial charge in [0.2, 0.25) is 4.77 Å². The van der Waals surface area contributed by atoms with Gasteiger partial charge in [0, 0.05) is 16.3 Å². The molecular formula is C27H18Cl4FN5O2S. The SMILES string of the molecule is Fc1ccc(NCn2nc(COc3ccccc3Cl)n(N=Cc3ccc(-c4ccc(Cl)cc4Cl)o3)c2=S)cc1Cl. The van der Waals surface area contributed by atoms with Gasteiger partial charge in [0.1, 0.15) is 36.4 Å². The van der Waals surface area contributed by atoms with Crippen molar-refractivity contribution in [3.8, 4) is 17.1 Å². The van der Waals surface area contributed by atoms with Gasteiger partial charge in [-0.1, -0.05) is 58.5 Å². The van der Waals surface area contributed by atoms with Crippen molar-refractivity contribution in [3.63, 3.8) is 0 Å². The summed E-state index contributed by atoms with van der Waals surface area (Å²) < 4.78 is 28.6. The maximum absolute atomic E-state index is 13.5. The highest BCUT2D eigenvalue weighted by Crippen LogP contribution is 2.31. The van der Waals surface area contributed by atoms with Crippen molar-refractivity contribution in [1.29, 1.82) is 0 Å². The monoisotopic (exact) mass is 635 g/mol. The van der Waals surface area contributed by atoms with E-state index in [9.17, 15) is 4.39 Å². The van der Waals surface area contributed by atoms with Crippen molar-refractivity contribution in [2.45, 2.75) is 13.3 Å². The number of nitrogens with one attached hydrogen (secondary N) is 1. The van der Waals surface area contributed by atoms with Crippen LogP contribution in [0.3, 0.4) is 0 Å². The molecule has 5 rings (SSSR count). The Morgan fingerprint density at radius 1 is 0.975 bits per heavy atom. The summed E-state index contributed by atoms with van der Waals surface area (Å²) in [5.74, 6) is 1.36. The summed E-state index contributed by atoms with van der Waals surface area (Å²) in [6.07, 6.45) is 1.50. The van der Waals surface area contributed by atoms with Crippen LogP contribution in [-0.4, -0.2) is 20.7 Å². The number of halogens is 5. The average molecular weight is 637 g/mol. The molecule has 13 heteroatoms. The first kappa shape index (κ1) is 28.2. The van der Waals surface area contributed by atoms with Gasteiger partial charge < -0.3 is 14.5 Å². The molecule has 0 bridgehead atoms. The summed E-state index contributed by atoms with van der Waals surface area (Å²) in [5.41, 5.74) is 1.28. The second kappa shape index (κ2) is 12.4. The molecule has 5 aromatic rings. The molecule has 0 aliphatic heterocycles. The lowest BCUT2D eigenvalue weighted by molar-refractivity contribution is 0.290. The highest BCUT2D eigenvalue weighted by atomic mass is 35.5. The van der Waals surface area contributed by atoms with Crippen molar-refractivity contribution in [2.75, 3.05) is 5.32 Å². The minimum absolute atomic E-state index is 0.00439. The lowest BCUT2D eigenvalue weighted by Crippen LogP contribution is -2.10. The zero-order valence-electron chi connectivity index (χ0n) is 20.3. The number of hydrogen-bond donors (Lipinski definition) is 1. The van der Waals surface area contributed by atoms with Crippen LogP contribution in [0.5, 0.6) is 5.75 Å². The van der Waals surface area contributed by atoms with Gasteiger partial charge in [-0.3, -0.25) is 0 Å². The molecule has 0 saturated carbocycles. The quantitative estimate of drug-likeness (QED) is 0.129. The van der Waals surface area contributed by atoms with Gasteiger partial charge >= 0.3 is 0 Å². The number of anilines is 1. The van der Waals surface area contributed by atoms with Crippen molar-refractivity contribution in [2.24, 2.45) is 5.10 Å². The Bertz CT molecular complexity index is 1770. The van der Waals surface area contributed by atoms with Gasteiger partial charge in [0.05, 0.1) is 21.3 Å². The molecule has 0 saturated heterocycles. The van der Waals surface area contributed by atoms with Crippen molar-refractivity contribution in [1.82, 2.24) is 14.5 Å². The summed E-state index contributed by atoms with van der Waals surface area (Å²) >= 11 is 30.1. The van der Waals surface area contributed by atoms with Crippen molar-refractivity contribution >= 4 is 70.5 Å². The average Bonchev–Trinajstić information content (AvgIpc) is 3.51. The topological polar surface area (TPSA) is 69.5 Å². The number of rotatable bonds is 9. The van der Waals surface area contributed by atoms with Crippen molar-refractivity contribution in [3.05, 3.63) is 115 Å². The smallest absolute Gasteiger partial charge is 0.220 e. The van der Waals surface area contributed by atoms with E-state index in [4.69, 9.17) is 67.8 Å². The van der Waals surface area contributed by atoms with Crippen molar-refractivity contribution < 1.29 is 13.5 Å². The van der Waals surface area contributed by atoms with E-state index < -0.39 is 5.82 Å². The molecule has 3 aromatic carbocycles. The molecule has 0 amide bonds. The highest BCUT2D eigenvalue weighted by molar-refractivity contribution is 7.71. The fourth-order valence-electron chi connectivity index (χ4n) is 3.60. The van der Waals surface area contributed by atoms with Crippen LogP contribution >= 0.6 is 58.6 Å². The normalized spacial score (nSPS) is 11.3. The summed E-state index contributed by atoms with van der Waals surface area (Å²) in [4.78, 5) is 0. The first-order chi connectivity index (χ1) is 19.3.